The zero-order valence-electron chi connectivity index (χ0n) is 27.2. The van der Waals surface area contributed by atoms with Crippen LogP contribution in [0.15, 0.2) is 11.6 Å². The van der Waals surface area contributed by atoms with Gasteiger partial charge in [0.05, 0.1) is 36.3 Å². The molecule has 6 nitrogen and oxygen atoms in total. The second-order valence-electron chi connectivity index (χ2n) is 17.1. The molecule has 0 aromatic heterocycles. The Hall–Kier alpha value is -0.950. The molecule has 0 saturated heterocycles. The van der Waals surface area contributed by atoms with Crippen LogP contribution in [0.2, 0.25) is 0 Å². The van der Waals surface area contributed by atoms with Crippen LogP contribution in [0.5, 0.6) is 0 Å². The van der Waals surface area contributed by atoms with Crippen LogP contribution >= 0.6 is 0 Å². The second kappa shape index (κ2) is 9.78. The fraction of sp³-hybridized carbons (Fsp3) is 0.914. The van der Waals surface area contributed by atoms with Gasteiger partial charge in [-0.15, -0.1) is 0 Å². The lowest BCUT2D eigenvalue weighted by molar-refractivity contribution is -0.275. The number of aliphatic hydroxyl groups excluding tert-OH is 4. The Balaban J connectivity index is 1.63. The summed E-state index contributed by atoms with van der Waals surface area (Å²) in [5.74, 6) is -0.0890. The van der Waals surface area contributed by atoms with E-state index in [1.165, 1.54) is 0 Å². The van der Waals surface area contributed by atoms with Gasteiger partial charge in [0, 0.05) is 5.41 Å². The molecule has 0 aromatic carbocycles. The molecule has 0 heterocycles. The molecule has 5 aliphatic rings. The quantitative estimate of drug-likeness (QED) is 0.255. The van der Waals surface area contributed by atoms with Gasteiger partial charge >= 0.3 is 5.97 Å². The Morgan fingerprint density at radius 3 is 2.24 bits per heavy atom. The molecule has 6 heteroatoms. The third-order valence-corrected chi connectivity index (χ3v) is 14.5. The standard InChI is InChI=1S/C35H58O6/c1-10-20(2)29(40)41-26-18-30(3,4)17-22-21-11-12-24-32(7)15-14-25(37)31(5,6)23(32)13-16-33(24,8)34(21,9)27(38)28(39)35(22,26)19-36/h11,20,22-28,36-39H,10,12-19H2,1-9H3. The van der Waals surface area contributed by atoms with Crippen LogP contribution in [0.3, 0.4) is 0 Å². The molecule has 0 aliphatic heterocycles. The Morgan fingerprint density at radius 1 is 0.976 bits per heavy atom. The SMILES string of the molecule is CCC(C)C(=O)OC1CC(C)(C)CC2C3=CCC4C5(C)CCC(O)C(C)(C)C5CCC4(C)C3(C)C(O)C(O)C12CO. The molecular weight excluding hydrogens is 516 g/mol. The van der Waals surface area contributed by atoms with Gasteiger partial charge in [-0.25, -0.2) is 0 Å². The van der Waals surface area contributed by atoms with E-state index in [1.807, 2.05) is 13.8 Å². The van der Waals surface area contributed by atoms with E-state index in [0.29, 0.717) is 24.7 Å². The average Bonchev–Trinajstić information content (AvgIpc) is 2.89. The average molecular weight is 575 g/mol. The molecule has 4 N–H and O–H groups in total. The Kier molecular flexibility index (Phi) is 7.50. The van der Waals surface area contributed by atoms with E-state index in [4.69, 9.17) is 4.74 Å². The molecule has 0 radical (unpaired) electrons. The van der Waals surface area contributed by atoms with E-state index >= 15 is 0 Å². The van der Waals surface area contributed by atoms with Gasteiger partial charge in [0.15, 0.2) is 0 Å². The summed E-state index contributed by atoms with van der Waals surface area (Å²) in [4.78, 5) is 13.1. The van der Waals surface area contributed by atoms with Gasteiger partial charge < -0.3 is 25.2 Å². The zero-order valence-corrected chi connectivity index (χ0v) is 27.2. The molecule has 234 valence electrons. The largest absolute Gasteiger partial charge is 0.461 e. The molecule has 0 spiro atoms. The summed E-state index contributed by atoms with van der Waals surface area (Å²) in [6.07, 6.45) is 5.55. The third-order valence-electron chi connectivity index (χ3n) is 14.5. The lowest BCUT2D eigenvalue weighted by Gasteiger charge is -2.73. The smallest absolute Gasteiger partial charge is 0.308 e. The normalized spacial score (nSPS) is 50.8. The van der Waals surface area contributed by atoms with Gasteiger partial charge in [0.25, 0.3) is 0 Å². The molecule has 5 aliphatic carbocycles. The van der Waals surface area contributed by atoms with Crippen molar-refractivity contribution >= 4 is 5.97 Å². The number of carbonyl (C=O) groups is 1. The summed E-state index contributed by atoms with van der Waals surface area (Å²) in [6, 6.07) is 0. The van der Waals surface area contributed by atoms with Crippen molar-refractivity contribution in [1.29, 1.82) is 0 Å². The van der Waals surface area contributed by atoms with E-state index in [9.17, 15) is 25.2 Å². The van der Waals surface area contributed by atoms with Crippen molar-refractivity contribution in [3.63, 3.8) is 0 Å². The summed E-state index contributed by atoms with van der Waals surface area (Å²) in [5.41, 5.74) is -1.28. The van der Waals surface area contributed by atoms with Gasteiger partial charge in [-0.05, 0) is 90.8 Å². The minimum Gasteiger partial charge on any atom is -0.461 e. The number of rotatable bonds is 4. The van der Waals surface area contributed by atoms with Gasteiger partial charge in [0.2, 0.25) is 0 Å². The molecule has 0 bridgehead atoms. The van der Waals surface area contributed by atoms with Gasteiger partial charge in [-0.1, -0.05) is 74.0 Å². The first-order valence-electron chi connectivity index (χ1n) is 16.4. The Labute approximate surface area is 248 Å². The van der Waals surface area contributed by atoms with Crippen molar-refractivity contribution in [2.24, 2.45) is 56.2 Å². The van der Waals surface area contributed by atoms with E-state index < -0.39 is 29.1 Å². The molecule has 5 rings (SSSR count). The predicted molar refractivity (Wildman–Crippen MR) is 160 cm³/mol. The fourth-order valence-electron chi connectivity index (χ4n) is 11.5. The lowest BCUT2D eigenvalue weighted by atomic mass is 9.32. The minimum absolute atomic E-state index is 0.0111. The van der Waals surface area contributed by atoms with Gasteiger partial charge in [0.1, 0.15) is 6.10 Å². The zero-order chi connectivity index (χ0) is 30.6. The van der Waals surface area contributed by atoms with E-state index in [1.54, 1.807) is 0 Å². The number of fused-ring (bicyclic) bond motifs is 7. The molecular formula is C35H58O6. The molecule has 0 aromatic rings. The van der Waals surface area contributed by atoms with Gasteiger partial charge in [-0.3, -0.25) is 4.79 Å². The maximum absolute atomic E-state index is 13.1. The summed E-state index contributed by atoms with van der Waals surface area (Å²) in [7, 11) is 0. The molecule has 4 saturated carbocycles. The summed E-state index contributed by atoms with van der Waals surface area (Å²) < 4.78 is 6.21. The van der Waals surface area contributed by atoms with Crippen LogP contribution < -0.4 is 0 Å². The summed E-state index contributed by atoms with van der Waals surface area (Å²) in [6.45, 7) is 19.3. The van der Waals surface area contributed by atoms with Crippen LogP contribution in [0, 0.1) is 56.2 Å². The minimum atomic E-state index is -1.23. The first kappa shape index (κ1) is 31.5. The maximum Gasteiger partial charge on any atom is 0.308 e. The number of ether oxygens (including phenoxy) is 1. The topological polar surface area (TPSA) is 107 Å². The van der Waals surface area contributed by atoms with Crippen molar-refractivity contribution in [3.8, 4) is 0 Å². The van der Waals surface area contributed by atoms with E-state index in [2.05, 4.69) is 54.5 Å². The van der Waals surface area contributed by atoms with Crippen LogP contribution in [0.4, 0.5) is 0 Å². The number of carbonyl (C=O) groups excluding carboxylic acids is 1. The molecule has 12 atom stereocenters. The molecule has 0 amide bonds. The first-order valence-corrected chi connectivity index (χ1v) is 16.4. The molecule has 41 heavy (non-hydrogen) atoms. The highest BCUT2D eigenvalue weighted by molar-refractivity contribution is 5.72. The molecule has 12 unspecified atom stereocenters. The van der Waals surface area contributed by atoms with Crippen LogP contribution in [0.25, 0.3) is 0 Å². The number of hydrogen-bond acceptors (Lipinski definition) is 6. The summed E-state index contributed by atoms with van der Waals surface area (Å²) >= 11 is 0. The Morgan fingerprint density at radius 2 is 1.63 bits per heavy atom. The highest BCUT2D eigenvalue weighted by Gasteiger charge is 2.74. The lowest BCUT2D eigenvalue weighted by Crippen LogP contribution is -2.74. The van der Waals surface area contributed by atoms with Gasteiger partial charge in [-0.2, -0.15) is 0 Å². The first-order chi connectivity index (χ1) is 18.9. The number of esters is 1. The fourth-order valence-corrected chi connectivity index (χ4v) is 11.5. The number of hydrogen-bond donors (Lipinski definition) is 4. The third kappa shape index (κ3) is 3.98. The number of aliphatic hydroxyl groups is 4. The van der Waals surface area contributed by atoms with Crippen molar-refractivity contribution < 1.29 is 30.0 Å². The summed E-state index contributed by atoms with van der Waals surface area (Å²) in [5, 5.41) is 46.7. The van der Waals surface area contributed by atoms with Crippen LogP contribution in [0.1, 0.15) is 114 Å². The maximum atomic E-state index is 13.1. The monoisotopic (exact) mass is 574 g/mol. The van der Waals surface area contributed by atoms with E-state index in [0.717, 1.165) is 44.1 Å². The predicted octanol–water partition coefficient (Wildman–Crippen LogP) is 5.65. The highest BCUT2D eigenvalue weighted by Crippen LogP contribution is 2.75. The Bertz CT molecular complexity index is 1080. The second-order valence-corrected chi connectivity index (χ2v) is 17.1. The number of allylic oxidation sites excluding steroid dienone is 1. The highest BCUT2D eigenvalue weighted by atomic mass is 16.5. The van der Waals surface area contributed by atoms with Crippen molar-refractivity contribution in [2.45, 2.75) is 138 Å². The van der Waals surface area contributed by atoms with Crippen LogP contribution in [-0.2, 0) is 9.53 Å². The van der Waals surface area contributed by atoms with Crippen molar-refractivity contribution in [2.75, 3.05) is 6.61 Å². The van der Waals surface area contributed by atoms with Crippen molar-refractivity contribution in [3.05, 3.63) is 11.6 Å². The van der Waals surface area contributed by atoms with Crippen molar-refractivity contribution in [1.82, 2.24) is 0 Å². The molecule has 4 fully saturated rings. The van der Waals surface area contributed by atoms with Crippen LogP contribution in [-0.4, -0.2) is 57.4 Å². The van der Waals surface area contributed by atoms with E-state index in [-0.39, 0.29) is 52.2 Å².